The molecule has 1 unspecified atom stereocenters. The minimum Gasteiger partial charge on any atom is -0.493 e. The molecule has 4 nitrogen and oxygen atoms in total. The predicted octanol–water partition coefficient (Wildman–Crippen LogP) is 4.11. The molecule has 0 aromatic heterocycles. The van der Waals surface area contributed by atoms with Crippen molar-refractivity contribution >= 4 is 17.6 Å². The number of hydrogen-bond acceptors (Lipinski definition) is 3. The van der Waals surface area contributed by atoms with Gasteiger partial charge in [-0.15, -0.1) is 0 Å². The van der Waals surface area contributed by atoms with Gasteiger partial charge in [0, 0.05) is 16.5 Å². The fourth-order valence-corrected chi connectivity index (χ4v) is 3.18. The van der Waals surface area contributed by atoms with E-state index in [1.165, 1.54) is 12.8 Å². The van der Waals surface area contributed by atoms with Crippen molar-refractivity contribution in [2.24, 2.45) is 11.8 Å². The highest BCUT2D eigenvalue weighted by atomic mass is 35.5. The van der Waals surface area contributed by atoms with Gasteiger partial charge in [0.05, 0.1) is 20.1 Å². The van der Waals surface area contributed by atoms with Crippen LogP contribution in [0.5, 0.6) is 11.5 Å². The minimum absolute atomic E-state index is 0.0807. The van der Waals surface area contributed by atoms with Crippen LogP contribution in [-0.2, 0) is 4.79 Å². The molecule has 2 fully saturated rings. The number of aliphatic carboxylic acids is 1. The number of carboxylic acid groups (broad SMARTS) is 1. The summed E-state index contributed by atoms with van der Waals surface area (Å²) in [6.45, 7) is 0.647. The second-order valence-electron chi connectivity index (χ2n) is 6.29. The van der Waals surface area contributed by atoms with Crippen molar-refractivity contribution in [1.29, 1.82) is 0 Å². The predicted molar refractivity (Wildman–Crippen MR) is 83.9 cm³/mol. The van der Waals surface area contributed by atoms with Crippen molar-refractivity contribution in [3.8, 4) is 11.5 Å². The van der Waals surface area contributed by atoms with Gasteiger partial charge in [0.1, 0.15) is 0 Å². The van der Waals surface area contributed by atoms with Gasteiger partial charge in [0.25, 0.3) is 0 Å². The van der Waals surface area contributed by atoms with Crippen molar-refractivity contribution in [2.75, 3.05) is 13.7 Å². The molecule has 0 heterocycles. The van der Waals surface area contributed by atoms with Gasteiger partial charge >= 0.3 is 5.97 Å². The molecule has 1 N–H and O–H groups in total. The number of hydrogen-bond donors (Lipinski definition) is 1. The van der Waals surface area contributed by atoms with Gasteiger partial charge in [0.15, 0.2) is 11.5 Å². The maximum atomic E-state index is 11.3. The zero-order valence-corrected chi connectivity index (χ0v) is 13.4. The van der Waals surface area contributed by atoms with E-state index in [-0.39, 0.29) is 12.3 Å². The van der Waals surface area contributed by atoms with Crippen LogP contribution in [0.2, 0.25) is 5.02 Å². The van der Waals surface area contributed by atoms with E-state index < -0.39 is 5.97 Å². The third-order valence-corrected chi connectivity index (χ3v) is 4.77. The smallest absolute Gasteiger partial charge is 0.303 e. The van der Waals surface area contributed by atoms with Crippen LogP contribution in [0, 0.1) is 11.8 Å². The Labute approximate surface area is 135 Å². The summed E-state index contributed by atoms with van der Waals surface area (Å²) in [6.07, 6.45) is 4.57. The van der Waals surface area contributed by atoms with Crippen molar-refractivity contribution in [1.82, 2.24) is 0 Å². The Kier molecular flexibility index (Phi) is 4.48. The van der Waals surface area contributed by atoms with Gasteiger partial charge in [-0.05, 0) is 49.7 Å². The van der Waals surface area contributed by atoms with Crippen LogP contribution in [-0.4, -0.2) is 24.8 Å². The molecule has 2 aliphatic carbocycles. The lowest BCUT2D eigenvalue weighted by Crippen LogP contribution is -2.12. The number of carbonyl (C=O) groups is 1. The third kappa shape index (κ3) is 3.49. The maximum absolute atomic E-state index is 11.3. The first-order valence-corrected chi connectivity index (χ1v) is 8.19. The molecular weight excluding hydrogens is 304 g/mol. The Morgan fingerprint density at radius 1 is 1.36 bits per heavy atom. The number of methoxy groups -OCH3 is 1. The van der Waals surface area contributed by atoms with Crippen LogP contribution in [0.25, 0.3) is 0 Å². The van der Waals surface area contributed by atoms with Gasteiger partial charge in [-0.1, -0.05) is 11.6 Å². The molecule has 2 saturated carbocycles. The van der Waals surface area contributed by atoms with Gasteiger partial charge in [-0.25, -0.2) is 0 Å². The van der Waals surface area contributed by atoms with Gasteiger partial charge in [-0.3, -0.25) is 4.79 Å². The van der Waals surface area contributed by atoms with Crippen LogP contribution in [0.4, 0.5) is 0 Å². The molecule has 5 heteroatoms. The standard InChI is InChI=1S/C17H21ClO4/c1-21-14-7-6-13(18)16(17(14)22-9-10-2-3-10)12(8-15(19)20)11-4-5-11/h6-7,10-12H,2-5,8-9H2,1H3,(H,19,20). The summed E-state index contributed by atoms with van der Waals surface area (Å²) in [6, 6.07) is 3.57. The molecule has 0 amide bonds. The highest BCUT2D eigenvalue weighted by Crippen LogP contribution is 2.51. The van der Waals surface area contributed by atoms with Gasteiger partial charge in [-0.2, -0.15) is 0 Å². The first kappa shape index (κ1) is 15.5. The fourth-order valence-electron chi connectivity index (χ4n) is 2.89. The van der Waals surface area contributed by atoms with Gasteiger partial charge < -0.3 is 14.6 Å². The summed E-state index contributed by atoms with van der Waals surface area (Å²) in [5.41, 5.74) is 0.812. The first-order valence-electron chi connectivity index (χ1n) is 7.81. The lowest BCUT2D eigenvalue weighted by atomic mass is 9.90. The minimum atomic E-state index is -0.802. The summed E-state index contributed by atoms with van der Waals surface area (Å²) in [5, 5.41) is 9.82. The summed E-state index contributed by atoms with van der Waals surface area (Å²) in [7, 11) is 1.60. The van der Waals surface area contributed by atoms with Crippen LogP contribution < -0.4 is 9.47 Å². The molecule has 2 aliphatic rings. The van der Waals surface area contributed by atoms with E-state index in [2.05, 4.69) is 0 Å². The molecule has 1 aromatic rings. The molecule has 22 heavy (non-hydrogen) atoms. The molecule has 0 saturated heterocycles. The normalized spacial score (nSPS) is 18.8. The van der Waals surface area contributed by atoms with E-state index in [1.54, 1.807) is 19.2 Å². The topological polar surface area (TPSA) is 55.8 Å². The zero-order valence-electron chi connectivity index (χ0n) is 12.7. The maximum Gasteiger partial charge on any atom is 0.303 e. The fraction of sp³-hybridized carbons (Fsp3) is 0.588. The van der Waals surface area contributed by atoms with E-state index >= 15 is 0 Å². The average Bonchev–Trinajstić information content (AvgIpc) is 3.37. The highest BCUT2D eigenvalue weighted by molar-refractivity contribution is 6.31. The second-order valence-corrected chi connectivity index (χ2v) is 6.70. The molecule has 3 rings (SSSR count). The molecule has 1 aromatic carbocycles. The third-order valence-electron chi connectivity index (χ3n) is 4.44. The zero-order chi connectivity index (χ0) is 15.7. The van der Waals surface area contributed by atoms with Gasteiger partial charge in [0.2, 0.25) is 0 Å². The Hall–Kier alpha value is -1.42. The van der Waals surface area contributed by atoms with E-state index in [9.17, 15) is 9.90 Å². The van der Waals surface area contributed by atoms with Crippen LogP contribution in [0.1, 0.15) is 43.6 Å². The van der Waals surface area contributed by atoms with Crippen molar-refractivity contribution in [2.45, 2.75) is 38.0 Å². The second kappa shape index (κ2) is 6.37. The highest BCUT2D eigenvalue weighted by Gasteiger charge is 2.38. The Morgan fingerprint density at radius 3 is 2.64 bits per heavy atom. The number of ether oxygens (including phenoxy) is 2. The first-order chi connectivity index (χ1) is 10.6. The largest absolute Gasteiger partial charge is 0.493 e. The molecule has 0 radical (unpaired) electrons. The van der Waals surface area contributed by atoms with Crippen LogP contribution in [0.3, 0.4) is 0 Å². The molecule has 120 valence electrons. The van der Waals surface area contributed by atoms with Crippen LogP contribution in [0.15, 0.2) is 12.1 Å². The number of carboxylic acids is 1. The summed E-state index contributed by atoms with van der Waals surface area (Å²) in [4.78, 5) is 11.3. The molecule has 0 spiro atoms. The molecular formula is C17H21ClO4. The van der Waals surface area contributed by atoms with E-state index in [0.29, 0.717) is 35.0 Å². The molecule has 0 bridgehead atoms. The Morgan fingerprint density at radius 2 is 2.09 bits per heavy atom. The molecule has 0 aliphatic heterocycles. The van der Waals surface area contributed by atoms with Crippen molar-refractivity contribution in [3.05, 3.63) is 22.7 Å². The quantitative estimate of drug-likeness (QED) is 0.782. The lowest BCUT2D eigenvalue weighted by Gasteiger charge is -2.22. The number of rotatable bonds is 8. The van der Waals surface area contributed by atoms with E-state index in [4.69, 9.17) is 21.1 Å². The number of benzene rings is 1. The summed E-state index contributed by atoms with van der Waals surface area (Å²) < 4.78 is 11.4. The Balaban J connectivity index is 1.95. The van der Waals surface area contributed by atoms with E-state index in [0.717, 1.165) is 18.4 Å². The summed E-state index contributed by atoms with van der Waals surface area (Å²) >= 11 is 6.41. The van der Waals surface area contributed by atoms with Crippen molar-refractivity contribution < 1.29 is 19.4 Å². The molecule has 1 atom stereocenters. The number of halogens is 1. The lowest BCUT2D eigenvalue weighted by molar-refractivity contribution is -0.137. The monoisotopic (exact) mass is 324 g/mol. The summed E-state index contributed by atoms with van der Waals surface area (Å²) in [5.74, 6) is 1.36. The van der Waals surface area contributed by atoms with Crippen LogP contribution >= 0.6 is 11.6 Å². The average molecular weight is 325 g/mol. The Bertz CT molecular complexity index is 564. The SMILES string of the molecule is COc1ccc(Cl)c(C(CC(=O)O)C2CC2)c1OCC1CC1. The van der Waals surface area contributed by atoms with E-state index in [1.807, 2.05) is 0 Å². The van der Waals surface area contributed by atoms with Crippen molar-refractivity contribution in [3.63, 3.8) is 0 Å².